The summed E-state index contributed by atoms with van der Waals surface area (Å²) in [6.45, 7) is 3.39. The van der Waals surface area contributed by atoms with Gasteiger partial charge in [0.25, 0.3) is 0 Å². The van der Waals surface area contributed by atoms with Gasteiger partial charge in [-0.1, -0.05) is 24.3 Å². The average Bonchev–Trinajstić information content (AvgIpc) is 2.29. The van der Waals surface area contributed by atoms with Crippen molar-refractivity contribution in [1.29, 1.82) is 0 Å². The first-order valence-corrected chi connectivity index (χ1v) is 5.72. The Balaban J connectivity index is 2.57. The van der Waals surface area contributed by atoms with Crippen LogP contribution in [0.3, 0.4) is 0 Å². The molecule has 90 valence electrons. The Bertz CT molecular complexity index is 302. The van der Waals surface area contributed by atoms with Gasteiger partial charge in [0.05, 0.1) is 6.61 Å². The summed E-state index contributed by atoms with van der Waals surface area (Å²) in [5.41, 5.74) is 8.33. The quantitative estimate of drug-likeness (QED) is 0.755. The van der Waals surface area contributed by atoms with E-state index in [0.717, 1.165) is 26.1 Å². The number of likely N-dealkylation sites (N-methyl/N-ethyl adjacent to an activating group) is 1. The molecular formula is C13H22N2O. The smallest absolute Gasteiger partial charge is 0.0589 e. The number of benzene rings is 1. The van der Waals surface area contributed by atoms with Gasteiger partial charge in [0.2, 0.25) is 0 Å². The third-order valence-electron chi connectivity index (χ3n) is 2.65. The van der Waals surface area contributed by atoms with Gasteiger partial charge in [-0.05, 0) is 31.1 Å². The maximum atomic E-state index is 5.61. The molecule has 0 radical (unpaired) electrons. The molecule has 0 bridgehead atoms. The van der Waals surface area contributed by atoms with Gasteiger partial charge in [0, 0.05) is 20.2 Å². The zero-order chi connectivity index (χ0) is 11.8. The largest absolute Gasteiger partial charge is 0.383 e. The standard InChI is InChI=1S/C13H22N2O/c1-15(9-10-16-2)11-13-6-4-3-5-12(13)7-8-14/h3-6H,7-11,14H2,1-2H3. The first-order chi connectivity index (χ1) is 7.77. The van der Waals surface area contributed by atoms with Crippen molar-refractivity contribution in [3.63, 3.8) is 0 Å². The molecule has 0 saturated carbocycles. The van der Waals surface area contributed by atoms with E-state index in [0.29, 0.717) is 6.54 Å². The molecule has 1 aromatic rings. The van der Waals surface area contributed by atoms with Gasteiger partial charge < -0.3 is 10.5 Å². The van der Waals surface area contributed by atoms with Crippen LogP contribution in [-0.4, -0.2) is 38.8 Å². The lowest BCUT2D eigenvalue weighted by Gasteiger charge is -2.18. The maximum Gasteiger partial charge on any atom is 0.0589 e. The van der Waals surface area contributed by atoms with Crippen molar-refractivity contribution in [2.75, 3.05) is 33.9 Å². The number of methoxy groups -OCH3 is 1. The Morgan fingerprint density at radius 1 is 1.25 bits per heavy atom. The third kappa shape index (κ3) is 4.31. The topological polar surface area (TPSA) is 38.5 Å². The SMILES string of the molecule is COCCN(C)Cc1ccccc1CCN. The molecular weight excluding hydrogens is 200 g/mol. The highest BCUT2D eigenvalue weighted by Gasteiger charge is 2.04. The van der Waals surface area contributed by atoms with E-state index in [9.17, 15) is 0 Å². The van der Waals surface area contributed by atoms with Gasteiger partial charge in [-0.15, -0.1) is 0 Å². The molecule has 0 aromatic heterocycles. The minimum absolute atomic E-state index is 0.707. The molecule has 0 spiro atoms. The molecule has 0 atom stereocenters. The van der Waals surface area contributed by atoms with Crippen molar-refractivity contribution >= 4 is 0 Å². The number of nitrogens with zero attached hydrogens (tertiary/aromatic N) is 1. The predicted octanol–water partition coefficient (Wildman–Crippen LogP) is 1.27. The van der Waals surface area contributed by atoms with E-state index in [1.165, 1.54) is 11.1 Å². The van der Waals surface area contributed by atoms with Gasteiger partial charge >= 0.3 is 0 Å². The second-order valence-corrected chi connectivity index (χ2v) is 4.04. The van der Waals surface area contributed by atoms with Gasteiger partial charge in [0.1, 0.15) is 0 Å². The molecule has 3 nitrogen and oxygen atoms in total. The molecule has 0 aliphatic rings. The Kier molecular flexibility index (Phi) is 6.08. The number of hydrogen-bond donors (Lipinski definition) is 1. The zero-order valence-electron chi connectivity index (χ0n) is 10.3. The zero-order valence-corrected chi connectivity index (χ0v) is 10.3. The summed E-state index contributed by atoms with van der Waals surface area (Å²) in [5, 5.41) is 0. The molecule has 2 N–H and O–H groups in total. The van der Waals surface area contributed by atoms with E-state index in [1.807, 2.05) is 0 Å². The van der Waals surface area contributed by atoms with Crippen molar-refractivity contribution in [2.45, 2.75) is 13.0 Å². The summed E-state index contributed by atoms with van der Waals surface area (Å²) in [7, 11) is 3.84. The van der Waals surface area contributed by atoms with E-state index in [-0.39, 0.29) is 0 Å². The molecule has 0 fully saturated rings. The second-order valence-electron chi connectivity index (χ2n) is 4.04. The lowest BCUT2D eigenvalue weighted by Crippen LogP contribution is -2.23. The fraction of sp³-hybridized carbons (Fsp3) is 0.538. The number of ether oxygens (including phenoxy) is 1. The second kappa shape index (κ2) is 7.39. The van der Waals surface area contributed by atoms with Gasteiger partial charge in [-0.2, -0.15) is 0 Å². The summed E-state index contributed by atoms with van der Waals surface area (Å²) >= 11 is 0. The Morgan fingerprint density at radius 2 is 1.94 bits per heavy atom. The Hall–Kier alpha value is -0.900. The number of nitrogens with two attached hydrogens (primary N) is 1. The molecule has 16 heavy (non-hydrogen) atoms. The van der Waals surface area contributed by atoms with Crippen LogP contribution in [0.5, 0.6) is 0 Å². The highest BCUT2D eigenvalue weighted by Crippen LogP contribution is 2.11. The van der Waals surface area contributed by atoms with E-state index < -0.39 is 0 Å². The molecule has 0 saturated heterocycles. The highest BCUT2D eigenvalue weighted by molar-refractivity contribution is 5.27. The Labute approximate surface area is 98.2 Å². The van der Waals surface area contributed by atoms with Gasteiger partial charge in [-0.3, -0.25) is 4.90 Å². The minimum atomic E-state index is 0.707. The monoisotopic (exact) mass is 222 g/mol. The summed E-state index contributed by atoms with van der Waals surface area (Å²) in [4.78, 5) is 2.26. The van der Waals surface area contributed by atoms with Crippen LogP contribution in [0.15, 0.2) is 24.3 Å². The lowest BCUT2D eigenvalue weighted by atomic mass is 10.0. The summed E-state index contributed by atoms with van der Waals surface area (Å²) in [6.07, 6.45) is 0.953. The summed E-state index contributed by atoms with van der Waals surface area (Å²) in [5.74, 6) is 0. The first kappa shape index (κ1) is 13.2. The van der Waals surface area contributed by atoms with Crippen LogP contribution < -0.4 is 5.73 Å². The predicted molar refractivity (Wildman–Crippen MR) is 67.4 cm³/mol. The first-order valence-electron chi connectivity index (χ1n) is 5.72. The van der Waals surface area contributed by atoms with E-state index in [2.05, 4.69) is 36.2 Å². The number of rotatable bonds is 7. The maximum absolute atomic E-state index is 5.61. The van der Waals surface area contributed by atoms with Crippen LogP contribution in [0.25, 0.3) is 0 Å². The Morgan fingerprint density at radius 3 is 2.56 bits per heavy atom. The molecule has 1 aromatic carbocycles. The molecule has 0 amide bonds. The van der Waals surface area contributed by atoms with Crippen molar-refractivity contribution in [3.8, 4) is 0 Å². The average molecular weight is 222 g/mol. The molecule has 3 heteroatoms. The highest BCUT2D eigenvalue weighted by atomic mass is 16.5. The minimum Gasteiger partial charge on any atom is -0.383 e. The molecule has 0 aliphatic heterocycles. The van der Waals surface area contributed by atoms with Crippen molar-refractivity contribution in [2.24, 2.45) is 5.73 Å². The number of hydrogen-bond acceptors (Lipinski definition) is 3. The summed E-state index contributed by atoms with van der Waals surface area (Å²) < 4.78 is 5.07. The van der Waals surface area contributed by atoms with E-state index in [4.69, 9.17) is 10.5 Å². The van der Waals surface area contributed by atoms with Crippen LogP contribution in [0, 0.1) is 0 Å². The van der Waals surface area contributed by atoms with Gasteiger partial charge in [-0.25, -0.2) is 0 Å². The van der Waals surface area contributed by atoms with Crippen molar-refractivity contribution < 1.29 is 4.74 Å². The van der Waals surface area contributed by atoms with Crippen molar-refractivity contribution in [3.05, 3.63) is 35.4 Å². The molecule has 0 heterocycles. The van der Waals surface area contributed by atoms with Crippen LogP contribution in [0.4, 0.5) is 0 Å². The van der Waals surface area contributed by atoms with E-state index >= 15 is 0 Å². The van der Waals surface area contributed by atoms with Crippen LogP contribution >= 0.6 is 0 Å². The van der Waals surface area contributed by atoms with Crippen LogP contribution in [-0.2, 0) is 17.7 Å². The fourth-order valence-electron chi connectivity index (χ4n) is 1.73. The summed E-state index contributed by atoms with van der Waals surface area (Å²) in [6, 6.07) is 8.49. The molecule has 0 unspecified atom stereocenters. The molecule has 1 rings (SSSR count). The van der Waals surface area contributed by atoms with Gasteiger partial charge in [0.15, 0.2) is 0 Å². The van der Waals surface area contributed by atoms with E-state index in [1.54, 1.807) is 7.11 Å². The van der Waals surface area contributed by atoms with Crippen LogP contribution in [0.1, 0.15) is 11.1 Å². The molecule has 0 aliphatic carbocycles. The fourth-order valence-corrected chi connectivity index (χ4v) is 1.73. The third-order valence-corrected chi connectivity index (χ3v) is 2.65. The van der Waals surface area contributed by atoms with Crippen molar-refractivity contribution in [1.82, 2.24) is 4.90 Å². The lowest BCUT2D eigenvalue weighted by molar-refractivity contribution is 0.158. The normalized spacial score (nSPS) is 11.0. The van der Waals surface area contributed by atoms with Crippen LogP contribution in [0.2, 0.25) is 0 Å².